The summed E-state index contributed by atoms with van der Waals surface area (Å²) in [5.41, 5.74) is 0. The van der Waals surface area contributed by atoms with Crippen LogP contribution in [0.1, 0.15) is 19.8 Å². The van der Waals surface area contributed by atoms with Gasteiger partial charge in [-0.05, 0) is 12.5 Å². The fourth-order valence-corrected chi connectivity index (χ4v) is 0.375. The summed E-state index contributed by atoms with van der Waals surface area (Å²) in [6.07, 6.45) is 3.47. The second kappa shape index (κ2) is 4.65. The van der Waals surface area contributed by atoms with Crippen molar-refractivity contribution in [3.8, 4) is 0 Å². The fourth-order valence-electron chi connectivity index (χ4n) is 0.375. The minimum absolute atomic E-state index is 0.0758. The van der Waals surface area contributed by atoms with Gasteiger partial charge in [-0.15, -0.1) is 0 Å². The molecule has 8 heavy (non-hydrogen) atoms. The van der Waals surface area contributed by atoms with Gasteiger partial charge in [0.2, 0.25) is 0 Å². The molecule has 0 aliphatic carbocycles. The van der Waals surface area contributed by atoms with Gasteiger partial charge in [-0.2, -0.15) is 0 Å². The van der Waals surface area contributed by atoms with Gasteiger partial charge in [-0.1, -0.05) is 13.3 Å². The highest BCUT2D eigenvalue weighted by molar-refractivity contribution is 4.89. The highest BCUT2D eigenvalue weighted by Gasteiger charge is 1.83. The van der Waals surface area contributed by atoms with E-state index in [4.69, 9.17) is 10.2 Å². The summed E-state index contributed by atoms with van der Waals surface area (Å²) in [6.45, 7) is 1.78. The van der Waals surface area contributed by atoms with Crippen molar-refractivity contribution in [3.05, 3.63) is 11.8 Å². The average Bonchev–Trinajstić information content (AvgIpc) is 1.83. The van der Waals surface area contributed by atoms with E-state index in [0.717, 1.165) is 12.8 Å². The number of hydrogen-bond acceptors (Lipinski definition) is 2. The third-order valence-electron chi connectivity index (χ3n) is 0.831. The Morgan fingerprint density at radius 1 is 1.62 bits per heavy atom. The molecular formula is C6H12O2. The molecule has 0 bridgehead atoms. The van der Waals surface area contributed by atoms with Crippen LogP contribution in [0.3, 0.4) is 0 Å². The molecule has 0 fully saturated rings. The standard InChI is InChI=1S/C6H12O2/c1-2-3-4-6(8)5-7/h4,7-8H,2-3,5H2,1H3/b6-4+. The minimum atomic E-state index is -0.236. The molecule has 0 unspecified atom stereocenters. The summed E-state index contributed by atoms with van der Waals surface area (Å²) in [6, 6.07) is 0. The Morgan fingerprint density at radius 3 is 2.62 bits per heavy atom. The van der Waals surface area contributed by atoms with Crippen LogP contribution in [-0.4, -0.2) is 16.8 Å². The molecule has 0 atom stereocenters. The summed E-state index contributed by atoms with van der Waals surface area (Å²) in [5.74, 6) is 0.0758. The van der Waals surface area contributed by atoms with Crippen LogP contribution >= 0.6 is 0 Å². The van der Waals surface area contributed by atoms with Crippen LogP contribution in [-0.2, 0) is 0 Å². The Bertz CT molecular complexity index is 76.6. The average molecular weight is 116 g/mol. The maximum atomic E-state index is 8.60. The van der Waals surface area contributed by atoms with Crippen molar-refractivity contribution < 1.29 is 10.2 Å². The summed E-state index contributed by atoms with van der Waals surface area (Å²) in [5, 5.41) is 16.8. The van der Waals surface area contributed by atoms with Crippen LogP contribution < -0.4 is 0 Å². The number of allylic oxidation sites excluding steroid dienone is 1. The van der Waals surface area contributed by atoms with E-state index in [1.54, 1.807) is 6.08 Å². The highest BCUT2D eigenvalue weighted by Crippen LogP contribution is 1.92. The van der Waals surface area contributed by atoms with Crippen LogP contribution in [0, 0.1) is 0 Å². The maximum Gasteiger partial charge on any atom is 0.114 e. The Hall–Kier alpha value is -0.500. The zero-order chi connectivity index (χ0) is 6.41. The van der Waals surface area contributed by atoms with Gasteiger partial charge in [-0.25, -0.2) is 0 Å². The highest BCUT2D eigenvalue weighted by atomic mass is 16.3. The van der Waals surface area contributed by atoms with Crippen LogP contribution in [0.15, 0.2) is 11.8 Å². The molecule has 0 saturated carbocycles. The molecule has 0 heterocycles. The van der Waals surface area contributed by atoms with Gasteiger partial charge in [0.25, 0.3) is 0 Å². The Morgan fingerprint density at radius 2 is 2.25 bits per heavy atom. The number of unbranched alkanes of at least 4 members (excludes halogenated alkanes) is 1. The fraction of sp³-hybridized carbons (Fsp3) is 0.667. The molecule has 0 aromatic rings. The van der Waals surface area contributed by atoms with Gasteiger partial charge in [-0.3, -0.25) is 0 Å². The van der Waals surface area contributed by atoms with E-state index in [-0.39, 0.29) is 12.4 Å². The Balaban J connectivity index is 3.26. The summed E-state index contributed by atoms with van der Waals surface area (Å²) >= 11 is 0. The molecule has 0 aliphatic heterocycles. The molecule has 0 rings (SSSR count). The van der Waals surface area contributed by atoms with Crippen LogP contribution in [0.4, 0.5) is 0 Å². The van der Waals surface area contributed by atoms with Crippen molar-refractivity contribution in [2.24, 2.45) is 0 Å². The summed E-state index contributed by atoms with van der Waals surface area (Å²) in [7, 11) is 0. The van der Waals surface area contributed by atoms with Crippen LogP contribution in [0.2, 0.25) is 0 Å². The maximum absolute atomic E-state index is 8.60. The third kappa shape index (κ3) is 3.68. The van der Waals surface area contributed by atoms with E-state index in [0.29, 0.717) is 0 Å². The Kier molecular flexibility index (Phi) is 4.36. The van der Waals surface area contributed by atoms with E-state index in [1.165, 1.54) is 0 Å². The first-order chi connectivity index (χ1) is 3.81. The SMILES string of the molecule is CCC/C=C(/O)CO. The summed E-state index contributed by atoms with van der Waals surface area (Å²) in [4.78, 5) is 0. The van der Waals surface area contributed by atoms with Gasteiger partial charge in [0.05, 0.1) is 6.61 Å². The normalized spacial score (nSPS) is 12.0. The molecule has 0 spiro atoms. The van der Waals surface area contributed by atoms with E-state index in [9.17, 15) is 0 Å². The van der Waals surface area contributed by atoms with E-state index >= 15 is 0 Å². The van der Waals surface area contributed by atoms with Gasteiger partial charge >= 0.3 is 0 Å². The summed E-state index contributed by atoms with van der Waals surface area (Å²) < 4.78 is 0. The van der Waals surface area contributed by atoms with Crippen molar-refractivity contribution in [2.45, 2.75) is 19.8 Å². The smallest absolute Gasteiger partial charge is 0.114 e. The Labute approximate surface area is 49.5 Å². The first kappa shape index (κ1) is 7.50. The zero-order valence-electron chi connectivity index (χ0n) is 5.09. The topological polar surface area (TPSA) is 40.5 Å². The van der Waals surface area contributed by atoms with Crippen LogP contribution in [0.5, 0.6) is 0 Å². The monoisotopic (exact) mass is 116 g/mol. The first-order valence-electron chi connectivity index (χ1n) is 2.80. The number of aliphatic hydroxyl groups is 2. The number of rotatable bonds is 3. The van der Waals surface area contributed by atoms with Gasteiger partial charge < -0.3 is 10.2 Å². The second-order valence-corrected chi connectivity index (χ2v) is 1.64. The lowest BCUT2D eigenvalue weighted by atomic mass is 10.3. The molecule has 0 aliphatic rings. The van der Waals surface area contributed by atoms with E-state index in [1.807, 2.05) is 6.92 Å². The van der Waals surface area contributed by atoms with Crippen molar-refractivity contribution in [1.29, 1.82) is 0 Å². The first-order valence-corrected chi connectivity index (χ1v) is 2.80. The minimum Gasteiger partial charge on any atom is -0.510 e. The lowest BCUT2D eigenvalue weighted by Crippen LogP contribution is -1.86. The number of hydrogen-bond donors (Lipinski definition) is 2. The molecular weight excluding hydrogens is 104 g/mol. The lowest BCUT2D eigenvalue weighted by Gasteiger charge is -1.89. The molecule has 0 aromatic heterocycles. The predicted molar refractivity (Wildman–Crippen MR) is 32.7 cm³/mol. The molecule has 0 amide bonds. The molecule has 0 radical (unpaired) electrons. The van der Waals surface area contributed by atoms with E-state index in [2.05, 4.69) is 0 Å². The van der Waals surface area contributed by atoms with Crippen LogP contribution in [0.25, 0.3) is 0 Å². The molecule has 2 nitrogen and oxygen atoms in total. The third-order valence-corrected chi connectivity index (χ3v) is 0.831. The van der Waals surface area contributed by atoms with Crippen molar-refractivity contribution in [1.82, 2.24) is 0 Å². The zero-order valence-corrected chi connectivity index (χ0v) is 5.09. The second-order valence-electron chi connectivity index (χ2n) is 1.64. The lowest BCUT2D eigenvalue weighted by molar-refractivity contribution is 0.252. The predicted octanol–water partition coefficient (Wildman–Crippen LogP) is 1.22. The molecule has 0 saturated heterocycles. The van der Waals surface area contributed by atoms with Gasteiger partial charge in [0, 0.05) is 0 Å². The number of aliphatic hydroxyl groups excluding tert-OH is 2. The van der Waals surface area contributed by atoms with E-state index < -0.39 is 0 Å². The largest absolute Gasteiger partial charge is 0.510 e. The molecule has 2 heteroatoms. The van der Waals surface area contributed by atoms with Crippen molar-refractivity contribution in [3.63, 3.8) is 0 Å². The quantitative estimate of drug-likeness (QED) is 0.544. The van der Waals surface area contributed by atoms with Gasteiger partial charge in [0.1, 0.15) is 5.76 Å². The van der Waals surface area contributed by atoms with Crippen molar-refractivity contribution in [2.75, 3.05) is 6.61 Å². The molecule has 2 N–H and O–H groups in total. The molecule has 48 valence electrons. The molecule has 0 aromatic carbocycles. The van der Waals surface area contributed by atoms with Crippen molar-refractivity contribution >= 4 is 0 Å². The van der Waals surface area contributed by atoms with Gasteiger partial charge in [0.15, 0.2) is 0 Å².